The topological polar surface area (TPSA) is 78.9 Å². The number of carbonyl (C=O) groups is 3. The summed E-state index contributed by atoms with van der Waals surface area (Å²) in [5.74, 6) is 0.0655. The van der Waals surface area contributed by atoms with Crippen LogP contribution in [0.4, 0.5) is 0 Å². The number of rotatable bonds is 9. The van der Waals surface area contributed by atoms with Crippen LogP contribution < -0.4 is 9.47 Å². The van der Waals surface area contributed by atoms with E-state index in [1.807, 2.05) is 0 Å². The normalized spacial score (nSPS) is 10.3. The van der Waals surface area contributed by atoms with Crippen LogP contribution in [-0.4, -0.2) is 31.4 Å². The SMILES string of the molecule is C=CC(=O)OCCCOc1ccc(C(=O)Oc2ccc3cc(C=O)ccc3c2)cc1. The fraction of sp³-hybridized carbons (Fsp3) is 0.125. The highest BCUT2D eigenvalue weighted by Crippen LogP contribution is 2.23. The second-order valence-corrected chi connectivity index (χ2v) is 6.37. The molecule has 6 heteroatoms. The first-order chi connectivity index (χ1) is 14.6. The molecule has 0 saturated carbocycles. The van der Waals surface area contributed by atoms with Crippen LogP contribution in [0.15, 0.2) is 73.3 Å². The Labute approximate surface area is 173 Å². The molecule has 0 fully saturated rings. The van der Waals surface area contributed by atoms with Crippen molar-refractivity contribution in [3.05, 3.63) is 84.4 Å². The Morgan fingerprint density at radius 2 is 1.57 bits per heavy atom. The van der Waals surface area contributed by atoms with Crippen molar-refractivity contribution in [1.82, 2.24) is 0 Å². The minimum atomic E-state index is -0.484. The molecule has 3 rings (SSSR count). The summed E-state index contributed by atoms with van der Waals surface area (Å²) in [6.45, 7) is 3.94. The first-order valence-electron chi connectivity index (χ1n) is 9.32. The van der Waals surface area contributed by atoms with Gasteiger partial charge in [-0.25, -0.2) is 9.59 Å². The van der Waals surface area contributed by atoms with Crippen molar-refractivity contribution in [3.63, 3.8) is 0 Å². The lowest BCUT2D eigenvalue weighted by atomic mass is 10.1. The summed E-state index contributed by atoms with van der Waals surface area (Å²) in [4.78, 5) is 34.2. The Kier molecular flexibility index (Phi) is 6.95. The van der Waals surface area contributed by atoms with Gasteiger partial charge in [0.2, 0.25) is 0 Å². The summed E-state index contributed by atoms with van der Waals surface area (Å²) in [5.41, 5.74) is 0.978. The van der Waals surface area contributed by atoms with Crippen molar-refractivity contribution in [2.75, 3.05) is 13.2 Å². The zero-order valence-corrected chi connectivity index (χ0v) is 16.2. The highest BCUT2D eigenvalue weighted by atomic mass is 16.5. The van der Waals surface area contributed by atoms with E-state index in [9.17, 15) is 14.4 Å². The Hall–Kier alpha value is -3.93. The number of ether oxygens (including phenoxy) is 3. The third-order valence-corrected chi connectivity index (χ3v) is 4.24. The number of carbonyl (C=O) groups excluding carboxylic acids is 3. The first-order valence-corrected chi connectivity index (χ1v) is 9.32. The van der Waals surface area contributed by atoms with Gasteiger partial charge in [-0.1, -0.05) is 24.8 Å². The van der Waals surface area contributed by atoms with Crippen LogP contribution in [0, 0.1) is 0 Å². The monoisotopic (exact) mass is 404 g/mol. The quantitative estimate of drug-likeness (QED) is 0.173. The number of hydrogen-bond donors (Lipinski definition) is 0. The summed E-state index contributed by atoms with van der Waals surface area (Å²) < 4.78 is 15.9. The van der Waals surface area contributed by atoms with Crippen LogP contribution in [0.1, 0.15) is 27.1 Å². The van der Waals surface area contributed by atoms with Crippen molar-refractivity contribution in [2.24, 2.45) is 0 Å². The molecule has 0 heterocycles. The number of aldehydes is 1. The lowest BCUT2D eigenvalue weighted by Crippen LogP contribution is -2.09. The van der Waals surface area contributed by atoms with Crippen LogP contribution in [0.3, 0.4) is 0 Å². The van der Waals surface area contributed by atoms with E-state index in [2.05, 4.69) is 6.58 Å². The number of benzene rings is 3. The highest BCUT2D eigenvalue weighted by Gasteiger charge is 2.10. The van der Waals surface area contributed by atoms with Gasteiger partial charge >= 0.3 is 11.9 Å². The molecule has 6 nitrogen and oxygen atoms in total. The van der Waals surface area contributed by atoms with Crippen LogP contribution in [0.2, 0.25) is 0 Å². The molecular weight excluding hydrogens is 384 g/mol. The molecule has 0 atom stereocenters. The lowest BCUT2D eigenvalue weighted by molar-refractivity contribution is -0.137. The number of hydrogen-bond acceptors (Lipinski definition) is 6. The van der Waals surface area contributed by atoms with Gasteiger partial charge in [-0.15, -0.1) is 0 Å². The van der Waals surface area contributed by atoms with Crippen LogP contribution in [0.5, 0.6) is 11.5 Å². The van der Waals surface area contributed by atoms with Crippen molar-refractivity contribution >= 4 is 29.0 Å². The number of esters is 2. The lowest BCUT2D eigenvalue weighted by Gasteiger charge is -2.08. The molecule has 0 aliphatic rings. The van der Waals surface area contributed by atoms with E-state index in [1.54, 1.807) is 60.7 Å². The van der Waals surface area contributed by atoms with E-state index in [-0.39, 0.29) is 6.61 Å². The minimum Gasteiger partial charge on any atom is -0.493 e. The van der Waals surface area contributed by atoms with Gasteiger partial charge in [0, 0.05) is 18.1 Å². The molecule has 0 amide bonds. The Morgan fingerprint density at radius 3 is 2.30 bits per heavy atom. The van der Waals surface area contributed by atoms with Gasteiger partial charge in [0.05, 0.1) is 18.8 Å². The zero-order valence-electron chi connectivity index (χ0n) is 16.2. The van der Waals surface area contributed by atoms with Gasteiger partial charge in [-0.3, -0.25) is 4.79 Å². The smallest absolute Gasteiger partial charge is 0.343 e. The average molecular weight is 404 g/mol. The largest absolute Gasteiger partial charge is 0.493 e. The van der Waals surface area contributed by atoms with Crippen LogP contribution in [-0.2, 0) is 9.53 Å². The predicted octanol–water partition coefficient (Wildman–Crippen LogP) is 4.37. The van der Waals surface area contributed by atoms with Gasteiger partial charge < -0.3 is 14.2 Å². The second kappa shape index (κ2) is 10.0. The summed E-state index contributed by atoms with van der Waals surface area (Å²) in [7, 11) is 0. The zero-order chi connectivity index (χ0) is 21.3. The standard InChI is InChI=1S/C24H20O6/c1-2-23(26)29-13-3-12-28-21-9-6-18(7-10-21)24(27)30-22-11-8-19-14-17(16-25)4-5-20(19)15-22/h2,4-11,14-16H,1,3,12-13H2. The maximum absolute atomic E-state index is 12.4. The average Bonchev–Trinajstić information content (AvgIpc) is 2.78. The molecule has 0 aliphatic carbocycles. The molecule has 0 saturated heterocycles. The fourth-order valence-corrected chi connectivity index (χ4v) is 2.71. The molecule has 30 heavy (non-hydrogen) atoms. The van der Waals surface area contributed by atoms with Crippen molar-refractivity contribution in [1.29, 1.82) is 0 Å². The molecule has 0 radical (unpaired) electrons. The van der Waals surface area contributed by atoms with Gasteiger partial charge in [-0.05, 0) is 53.2 Å². The summed E-state index contributed by atoms with van der Waals surface area (Å²) in [5, 5.41) is 1.76. The van der Waals surface area contributed by atoms with E-state index >= 15 is 0 Å². The number of fused-ring (bicyclic) bond motifs is 1. The first kappa shape index (κ1) is 20.8. The van der Waals surface area contributed by atoms with Crippen LogP contribution in [0.25, 0.3) is 10.8 Å². The van der Waals surface area contributed by atoms with E-state index in [4.69, 9.17) is 14.2 Å². The van der Waals surface area contributed by atoms with E-state index in [0.717, 1.165) is 23.1 Å². The minimum absolute atomic E-state index is 0.247. The molecule has 0 unspecified atom stereocenters. The highest BCUT2D eigenvalue weighted by molar-refractivity contribution is 5.93. The molecule has 0 N–H and O–H groups in total. The second-order valence-electron chi connectivity index (χ2n) is 6.37. The van der Waals surface area contributed by atoms with Gasteiger partial charge in [0.15, 0.2) is 0 Å². The molecule has 152 valence electrons. The maximum Gasteiger partial charge on any atom is 0.343 e. The Bertz CT molecular complexity index is 1070. The van der Waals surface area contributed by atoms with Gasteiger partial charge in [0.25, 0.3) is 0 Å². The molecular formula is C24H20O6. The van der Waals surface area contributed by atoms with Crippen LogP contribution >= 0.6 is 0 Å². The molecule has 0 spiro atoms. The third kappa shape index (κ3) is 5.54. The van der Waals surface area contributed by atoms with Crippen molar-refractivity contribution in [3.8, 4) is 11.5 Å². The van der Waals surface area contributed by atoms with Crippen molar-refractivity contribution < 1.29 is 28.6 Å². The van der Waals surface area contributed by atoms with Gasteiger partial charge in [0.1, 0.15) is 17.8 Å². The van der Waals surface area contributed by atoms with E-state index < -0.39 is 11.9 Å². The third-order valence-electron chi connectivity index (χ3n) is 4.24. The molecule has 0 aliphatic heterocycles. The molecule has 3 aromatic rings. The summed E-state index contributed by atoms with van der Waals surface area (Å²) in [6, 6.07) is 17.1. The van der Waals surface area contributed by atoms with E-state index in [1.165, 1.54) is 0 Å². The Balaban J connectivity index is 1.54. The van der Waals surface area contributed by atoms with Gasteiger partial charge in [-0.2, -0.15) is 0 Å². The van der Waals surface area contributed by atoms with E-state index in [0.29, 0.717) is 35.7 Å². The fourth-order valence-electron chi connectivity index (χ4n) is 2.71. The molecule has 3 aromatic carbocycles. The van der Waals surface area contributed by atoms with Crippen molar-refractivity contribution in [2.45, 2.75) is 6.42 Å². The molecule has 0 bridgehead atoms. The molecule has 0 aromatic heterocycles. The summed E-state index contributed by atoms with van der Waals surface area (Å²) in [6.07, 6.45) is 2.44. The Morgan fingerprint density at radius 1 is 0.867 bits per heavy atom. The summed E-state index contributed by atoms with van der Waals surface area (Å²) >= 11 is 0. The predicted molar refractivity (Wildman–Crippen MR) is 112 cm³/mol. The maximum atomic E-state index is 12.4.